The van der Waals surface area contributed by atoms with E-state index < -0.39 is 0 Å². The van der Waals surface area contributed by atoms with Crippen LogP contribution in [0.4, 0.5) is 11.8 Å². The molecule has 2 rings (SSSR count). The number of nitrogens with one attached hydrogen (secondary N) is 2. The van der Waals surface area contributed by atoms with Gasteiger partial charge in [0.15, 0.2) is 5.82 Å². The van der Waals surface area contributed by atoms with E-state index >= 15 is 0 Å². The van der Waals surface area contributed by atoms with Crippen molar-refractivity contribution in [3.8, 4) is 0 Å². The molecule has 17 heavy (non-hydrogen) atoms. The zero-order chi connectivity index (χ0) is 12.3. The molecule has 5 heteroatoms. The Bertz CT molecular complexity index is 390. The number of hydrogen-bond acceptors (Lipinski definition) is 4. The predicted molar refractivity (Wildman–Crippen MR) is 71.7 cm³/mol. The third kappa shape index (κ3) is 3.00. The van der Waals surface area contributed by atoms with E-state index in [1.807, 2.05) is 6.92 Å². The fraction of sp³-hybridized carbons (Fsp3) is 0.667. The molecule has 1 saturated carbocycles. The average molecular weight is 255 g/mol. The van der Waals surface area contributed by atoms with Crippen molar-refractivity contribution >= 4 is 23.4 Å². The Labute approximate surface area is 107 Å². The molecule has 0 unspecified atom stereocenters. The van der Waals surface area contributed by atoms with E-state index in [-0.39, 0.29) is 0 Å². The fourth-order valence-electron chi connectivity index (χ4n) is 1.99. The summed E-state index contributed by atoms with van der Waals surface area (Å²) in [5.74, 6) is 1.35. The van der Waals surface area contributed by atoms with E-state index in [9.17, 15) is 0 Å². The molecule has 0 radical (unpaired) electrons. The third-order valence-electron chi connectivity index (χ3n) is 3.32. The van der Waals surface area contributed by atoms with Crippen LogP contribution in [0.15, 0.2) is 6.20 Å². The summed E-state index contributed by atoms with van der Waals surface area (Å²) in [4.78, 5) is 8.47. The molecule has 0 aromatic carbocycles. The van der Waals surface area contributed by atoms with Crippen molar-refractivity contribution in [2.75, 3.05) is 23.7 Å². The highest BCUT2D eigenvalue weighted by Gasteiger charge is 2.31. The number of anilines is 2. The zero-order valence-electron chi connectivity index (χ0n) is 10.4. The van der Waals surface area contributed by atoms with Gasteiger partial charge >= 0.3 is 0 Å². The molecule has 1 aliphatic carbocycles. The van der Waals surface area contributed by atoms with E-state index in [4.69, 9.17) is 11.6 Å². The highest BCUT2D eigenvalue weighted by atomic mass is 35.5. The Morgan fingerprint density at radius 2 is 2.18 bits per heavy atom. The monoisotopic (exact) mass is 254 g/mol. The van der Waals surface area contributed by atoms with Crippen LogP contribution in [0.1, 0.15) is 33.1 Å². The molecule has 1 aliphatic rings. The lowest BCUT2D eigenvalue weighted by Gasteiger charge is -2.38. The SMILES string of the molecule is CCNc1ncc(Cl)c(NCC2(C)CCC2)n1. The summed E-state index contributed by atoms with van der Waals surface area (Å²) in [5, 5.41) is 6.99. The average Bonchev–Trinajstić information content (AvgIpc) is 2.28. The van der Waals surface area contributed by atoms with E-state index in [0.717, 1.165) is 18.9 Å². The van der Waals surface area contributed by atoms with Gasteiger partial charge in [0.05, 0.1) is 6.20 Å². The van der Waals surface area contributed by atoms with Crippen molar-refractivity contribution in [3.05, 3.63) is 11.2 Å². The Balaban J connectivity index is 2.00. The smallest absolute Gasteiger partial charge is 0.224 e. The van der Waals surface area contributed by atoms with Crippen molar-refractivity contribution in [3.63, 3.8) is 0 Å². The van der Waals surface area contributed by atoms with Crippen LogP contribution in [0.25, 0.3) is 0 Å². The fourth-order valence-corrected chi connectivity index (χ4v) is 2.15. The van der Waals surface area contributed by atoms with Crippen LogP contribution >= 0.6 is 11.6 Å². The first-order valence-electron chi connectivity index (χ1n) is 6.13. The van der Waals surface area contributed by atoms with Gasteiger partial charge in [0.2, 0.25) is 5.95 Å². The molecule has 0 bridgehead atoms. The normalized spacial score (nSPS) is 17.4. The van der Waals surface area contributed by atoms with Gasteiger partial charge in [-0.15, -0.1) is 0 Å². The van der Waals surface area contributed by atoms with Gasteiger partial charge in [-0.05, 0) is 25.2 Å². The third-order valence-corrected chi connectivity index (χ3v) is 3.60. The predicted octanol–water partition coefficient (Wildman–Crippen LogP) is 3.16. The van der Waals surface area contributed by atoms with E-state index in [1.165, 1.54) is 19.3 Å². The molecule has 0 aliphatic heterocycles. The van der Waals surface area contributed by atoms with Crippen molar-refractivity contribution in [2.24, 2.45) is 5.41 Å². The molecule has 1 heterocycles. The maximum Gasteiger partial charge on any atom is 0.224 e. The zero-order valence-corrected chi connectivity index (χ0v) is 11.1. The molecule has 0 atom stereocenters. The number of rotatable bonds is 5. The Hall–Kier alpha value is -1.03. The Kier molecular flexibility index (Phi) is 3.72. The summed E-state index contributed by atoms with van der Waals surface area (Å²) in [6.45, 7) is 6.04. The first kappa shape index (κ1) is 12.4. The van der Waals surface area contributed by atoms with Gasteiger partial charge in [-0.1, -0.05) is 24.9 Å². The lowest BCUT2D eigenvalue weighted by Crippen LogP contribution is -2.33. The second-order valence-electron chi connectivity index (χ2n) is 4.94. The van der Waals surface area contributed by atoms with Gasteiger partial charge in [0.25, 0.3) is 0 Å². The maximum atomic E-state index is 6.07. The molecule has 2 N–H and O–H groups in total. The summed E-state index contributed by atoms with van der Waals surface area (Å²) < 4.78 is 0. The standard InChI is InChI=1S/C12H19ClN4/c1-3-14-11-15-7-9(13)10(17-11)16-8-12(2)5-4-6-12/h7H,3-6,8H2,1-2H3,(H2,14,15,16,17). The quantitative estimate of drug-likeness (QED) is 0.848. The summed E-state index contributed by atoms with van der Waals surface area (Å²) in [5.41, 5.74) is 0.409. The maximum absolute atomic E-state index is 6.07. The lowest BCUT2D eigenvalue weighted by atomic mass is 9.70. The molecule has 0 saturated heterocycles. The molecule has 1 aromatic heterocycles. The van der Waals surface area contributed by atoms with Crippen molar-refractivity contribution in [2.45, 2.75) is 33.1 Å². The summed E-state index contributed by atoms with van der Waals surface area (Å²) in [7, 11) is 0. The van der Waals surface area contributed by atoms with Crippen LogP contribution in [0, 0.1) is 5.41 Å². The van der Waals surface area contributed by atoms with E-state index in [0.29, 0.717) is 16.4 Å². The highest BCUT2D eigenvalue weighted by Crippen LogP contribution is 2.40. The molecule has 4 nitrogen and oxygen atoms in total. The summed E-state index contributed by atoms with van der Waals surface area (Å²) in [6, 6.07) is 0. The molecule has 1 aromatic rings. The van der Waals surface area contributed by atoms with Crippen LogP contribution in [0.3, 0.4) is 0 Å². The molecule has 94 valence electrons. The highest BCUT2D eigenvalue weighted by molar-refractivity contribution is 6.32. The second kappa shape index (κ2) is 5.08. The van der Waals surface area contributed by atoms with E-state index in [1.54, 1.807) is 6.20 Å². The first-order valence-corrected chi connectivity index (χ1v) is 6.51. The van der Waals surface area contributed by atoms with Crippen molar-refractivity contribution in [1.82, 2.24) is 9.97 Å². The molecule has 0 spiro atoms. The second-order valence-corrected chi connectivity index (χ2v) is 5.35. The van der Waals surface area contributed by atoms with Crippen LogP contribution in [0.2, 0.25) is 5.02 Å². The first-order chi connectivity index (χ1) is 8.13. The van der Waals surface area contributed by atoms with Gasteiger partial charge in [0, 0.05) is 13.1 Å². The molecule has 1 fully saturated rings. The van der Waals surface area contributed by atoms with Crippen LogP contribution < -0.4 is 10.6 Å². The van der Waals surface area contributed by atoms with Crippen molar-refractivity contribution < 1.29 is 0 Å². The van der Waals surface area contributed by atoms with Gasteiger partial charge < -0.3 is 10.6 Å². The van der Waals surface area contributed by atoms with Gasteiger partial charge in [-0.3, -0.25) is 0 Å². The molecular formula is C12H19ClN4. The minimum absolute atomic E-state index is 0.409. The van der Waals surface area contributed by atoms with Gasteiger partial charge in [-0.2, -0.15) is 4.98 Å². The Morgan fingerprint density at radius 1 is 1.41 bits per heavy atom. The number of nitrogens with zero attached hydrogens (tertiary/aromatic N) is 2. The number of aromatic nitrogens is 2. The van der Waals surface area contributed by atoms with Gasteiger partial charge in [0.1, 0.15) is 5.02 Å². The largest absolute Gasteiger partial charge is 0.368 e. The van der Waals surface area contributed by atoms with Crippen LogP contribution in [-0.4, -0.2) is 23.1 Å². The number of hydrogen-bond donors (Lipinski definition) is 2. The summed E-state index contributed by atoms with van der Waals surface area (Å²) in [6.07, 6.45) is 5.53. The minimum atomic E-state index is 0.409. The number of halogens is 1. The van der Waals surface area contributed by atoms with Crippen molar-refractivity contribution in [1.29, 1.82) is 0 Å². The molecule has 0 amide bonds. The Morgan fingerprint density at radius 3 is 2.76 bits per heavy atom. The molecular weight excluding hydrogens is 236 g/mol. The lowest BCUT2D eigenvalue weighted by molar-refractivity contribution is 0.180. The van der Waals surface area contributed by atoms with Gasteiger partial charge in [-0.25, -0.2) is 4.98 Å². The summed E-state index contributed by atoms with van der Waals surface area (Å²) >= 11 is 6.07. The van der Waals surface area contributed by atoms with Crippen LogP contribution in [-0.2, 0) is 0 Å². The van der Waals surface area contributed by atoms with Crippen LogP contribution in [0.5, 0.6) is 0 Å². The minimum Gasteiger partial charge on any atom is -0.368 e. The van der Waals surface area contributed by atoms with E-state index in [2.05, 4.69) is 27.5 Å². The topological polar surface area (TPSA) is 49.8 Å².